The fourth-order valence-corrected chi connectivity index (χ4v) is 2.95. The normalized spacial score (nSPS) is 13.3. The minimum atomic E-state index is -2.99. The molecule has 0 saturated carbocycles. The van der Waals surface area contributed by atoms with Gasteiger partial charge in [-0.15, -0.1) is 0 Å². The molecular weight excluding hydrogens is 404 g/mol. The van der Waals surface area contributed by atoms with E-state index in [0.29, 0.717) is 10.4 Å². The fourth-order valence-electron chi connectivity index (χ4n) is 2.59. The van der Waals surface area contributed by atoms with Crippen molar-refractivity contribution in [3.8, 4) is 5.75 Å². The Morgan fingerprint density at radius 3 is 2.31 bits per heavy atom. The third-order valence-corrected chi connectivity index (χ3v) is 4.86. The Bertz CT molecular complexity index is 750. The van der Waals surface area contributed by atoms with E-state index < -0.39 is 12.5 Å². The lowest BCUT2D eigenvalue weighted by molar-refractivity contribution is -0.0501. The third kappa shape index (κ3) is 5.27. The predicted octanol–water partition coefficient (Wildman–Crippen LogP) is 6.06. The lowest BCUT2D eigenvalue weighted by Gasteiger charge is -2.17. The van der Waals surface area contributed by atoms with Crippen LogP contribution in [0, 0.1) is 0 Å². The highest BCUT2D eigenvalue weighted by atomic mass is 79.9. The molecule has 3 nitrogen and oxygen atoms in total. The molecule has 6 heteroatoms. The molecule has 2 unspecified atom stereocenters. The van der Waals surface area contributed by atoms with Crippen molar-refractivity contribution in [3.63, 3.8) is 0 Å². The average molecular weight is 426 g/mol. The highest BCUT2D eigenvalue weighted by Gasteiger charge is 2.18. The van der Waals surface area contributed by atoms with Crippen molar-refractivity contribution in [1.29, 1.82) is 0 Å². The van der Waals surface area contributed by atoms with Crippen LogP contribution in [0.1, 0.15) is 60.6 Å². The molecule has 2 aromatic carbocycles. The van der Waals surface area contributed by atoms with Gasteiger partial charge in [-0.2, -0.15) is 8.78 Å². The SMILES string of the molecule is CCC(C)c1ccc(C(C)NC(=O)c2cc(Br)ccc2OC(F)F)cc1. The maximum absolute atomic E-state index is 12.6. The second kappa shape index (κ2) is 9.12. The van der Waals surface area contributed by atoms with Crippen LogP contribution in [0.25, 0.3) is 0 Å². The van der Waals surface area contributed by atoms with Crippen molar-refractivity contribution in [3.05, 3.63) is 63.6 Å². The second-order valence-electron chi connectivity index (χ2n) is 6.19. The van der Waals surface area contributed by atoms with E-state index in [0.717, 1.165) is 12.0 Å². The summed E-state index contributed by atoms with van der Waals surface area (Å²) in [4.78, 5) is 12.5. The molecule has 0 heterocycles. The van der Waals surface area contributed by atoms with Gasteiger partial charge in [-0.25, -0.2) is 0 Å². The van der Waals surface area contributed by atoms with Gasteiger partial charge in [-0.1, -0.05) is 54.0 Å². The Morgan fingerprint density at radius 1 is 1.12 bits per heavy atom. The van der Waals surface area contributed by atoms with Crippen molar-refractivity contribution in [2.75, 3.05) is 0 Å². The van der Waals surface area contributed by atoms with Crippen LogP contribution >= 0.6 is 15.9 Å². The van der Waals surface area contributed by atoms with Gasteiger partial charge < -0.3 is 10.1 Å². The zero-order valence-corrected chi connectivity index (χ0v) is 16.5. The number of hydrogen-bond donors (Lipinski definition) is 1. The van der Waals surface area contributed by atoms with E-state index in [2.05, 4.69) is 52.0 Å². The standard InChI is InChI=1S/C20H22BrF2NO2/c1-4-12(2)14-5-7-15(8-6-14)13(3)24-19(25)17-11-16(21)9-10-18(17)26-20(22)23/h5-13,20H,4H2,1-3H3,(H,24,25). The maximum atomic E-state index is 12.6. The summed E-state index contributed by atoms with van der Waals surface area (Å²) >= 11 is 3.25. The number of alkyl halides is 2. The molecule has 2 rings (SSSR count). The van der Waals surface area contributed by atoms with Crippen LogP contribution in [-0.2, 0) is 0 Å². The summed E-state index contributed by atoms with van der Waals surface area (Å²) in [6.45, 7) is 3.16. The number of rotatable bonds is 7. The summed E-state index contributed by atoms with van der Waals surface area (Å²) in [6, 6.07) is 12.1. The molecule has 0 saturated heterocycles. The monoisotopic (exact) mass is 425 g/mol. The van der Waals surface area contributed by atoms with Crippen LogP contribution < -0.4 is 10.1 Å². The second-order valence-corrected chi connectivity index (χ2v) is 7.11. The molecule has 1 amide bonds. The molecule has 26 heavy (non-hydrogen) atoms. The first-order valence-corrected chi connectivity index (χ1v) is 9.26. The fraction of sp³-hybridized carbons (Fsp3) is 0.350. The van der Waals surface area contributed by atoms with Gasteiger partial charge in [0.05, 0.1) is 11.6 Å². The van der Waals surface area contributed by atoms with Crippen LogP contribution in [0.5, 0.6) is 5.75 Å². The molecule has 1 N–H and O–H groups in total. The molecule has 140 valence electrons. The topological polar surface area (TPSA) is 38.3 Å². The summed E-state index contributed by atoms with van der Waals surface area (Å²) in [5.41, 5.74) is 2.24. The molecule has 0 aromatic heterocycles. The number of benzene rings is 2. The van der Waals surface area contributed by atoms with Gasteiger partial charge in [-0.3, -0.25) is 4.79 Å². The highest BCUT2D eigenvalue weighted by molar-refractivity contribution is 9.10. The minimum Gasteiger partial charge on any atom is -0.434 e. The summed E-state index contributed by atoms with van der Waals surface area (Å²) < 4.78 is 30.2. The van der Waals surface area contributed by atoms with Crippen LogP contribution in [0.3, 0.4) is 0 Å². The van der Waals surface area contributed by atoms with Gasteiger partial charge >= 0.3 is 6.61 Å². The number of ether oxygens (including phenoxy) is 1. The Kier molecular flexibility index (Phi) is 7.14. The van der Waals surface area contributed by atoms with Crippen molar-refractivity contribution in [1.82, 2.24) is 5.32 Å². The zero-order chi connectivity index (χ0) is 19.3. The molecule has 2 atom stereocenters. The van der Waals surface area contributed by atoms with Crippen molar-refractivity contribution < 1.29 is 18.3 Å². The van der Waals surface area contributed by atoms with Gasteiger partial charge in [0.15, 0.2) is 0 Å². The van der Waals surface area contributed by atoms with E-state index in [1.54, 1.807) is 6.07 Å². The molecule has 0 aliphatic carbocycles. The largest absolute Gasteiger partial charge is 0.434 e. The smallest absolute Gasteiger partial charge is 0.387 e. The van der Waals surface area contributed by atoms with Gasteiger partial charge in [-0.05, 0) is 48.6 Å². The van der Waals surface area contributed by atoms with E-state index in [9.17, 15) is 13.6 Å². The molecule has 0 fully saturated rings. The lowest BCUT2D eigenvalue weighted by Crippen LogP contribution is -2.27. The third-order valence-electron chi connectivity index (χ3n) is 4.37. The van der Waals surface area contributed by atoms with Crippen LogP contribution in [0.4, 0.5) is 8.78 Å². The quantitative estimate of drug-likeness (QED) is 0.585. The average Bonchev–Trinajstić information content (AvgIpc) is 2.62. The maximum Gasteiger partial charge on any atom is 0.387 e. The highest BCUT2D eigenvalue weighted by Crippen LogP contribution is 2.26. The van der Waals surface area contributed by atoms with Gasteiger partial charge in [0.25, 0.3) is 5.91 Å². The van der Waals surface area contributed by atoms with E-state index in [1.165, 1.54) is 17.7 Å². The Balaban J connectivity index is 2.15. The molecule has 0 spiro atoms. The van der Waals surface area contributed by atoms with E-state index in [4.69, 9.17) is 0 Å². The summed E-state index contributed by atoms with van der Waals surface area (Å²) in [6.07, 6.45) is 1.06. The van der Waals surface area contributed by atoms with Crippen molar-refractivity contribution >= 4 is 21.8 Å². The lowest BCUT2D eigenvalue weighted by atomic mass is 9.96. The van der Waals surface area contributed by atoms with Crippen LogP contribution in [-0.4, -0.2) is 12.5 Å². The first kappa shape index (κ1) is 20.4. The number of amides is 1. The van der Waals surface area contributed by atoms with Gasteiger partial charge in [0.2, 0.25) is 0 Å². The molecular formula is C20H22BrF2NO2. The number of carbonyl (C=O) groups excluding carboxylic acids is 1. The van der Waals surface area contributed by atoms with E-state index in [1.807, 2.05) is 19.1 Å². The molecule has 0 aliphatic heterocycles. The summed E-state index contributed by atoms with van der Waals surface area (Å²) in [5.74, 6) is -0.148. The number of nitrogens with one attached hydrogen (secondary N) is 1. The van der Waals surface area contributed by atoms with Crippen LogP contribution in [0.2, 0.25) is 0 Å². The van der Waals surface area contributed by atoms with Crippen molar-refractivity contribution in [2.24, 2.45) is 0 Å². The number of halogens is 3. The first-order chi connectivity index (χ1) is 12.3. The molecule has 0 bridgehead atoms. The predicted molar refractivity (Wildman–Crippen MR) is 102 cm³/mol. The Hall–Kier alpha value is -1.95. The van der Waals surface area contributed by atoms with Crippen molar-refractivity contribution in [2.45, 2.75) is 45.8 Å². The van der Waals surface area contributed by atoms with E-state index >= 15 is 0 Å². The number of carbonyl (C=O) groups is 1. The zero-order valence-electron chi connectivity index (χ0n) is 14.9. The van der Waals surface area contributed by atoms with E-state index in [-0.39, 0.29) is 17.4 Å². The van der Waals surface area contributed by atoms with Crippen LogP contribution in [0.15, 0.2) is 46.9 Å². The Morgan fingerprint density at radius 2 is 1.73 bits per heavy atom. The summed E-state index contributed by atoms with van der Waals surface area (Å²) in [7, 11) is 0. The molecule has 0 aliphatic rings. The summed E-state index contributed by atoms with van der Waals surface area (Å²) in [5, 5.41) is 2.83. The number of hydrogen-bond acceptors (Lipinski definition) is 2. The Labute approximate surface area is 160 Å². The van der Waals surface area contributed by atoms with Gasteiger partial charge in [0.1, 0.15) is 5.75 Å². The minimum absolute atomic E-state index is 0.0581. The first-order valence-electron chi connectivity index (χ1n) is 8.46. The molecule has 0 radical (unpaired) electrons. The molecule has 2 aromatic rings. The van der Waals surface area contributed by atoms with Gasteiger partial charge in [0, 0.05) is 4.47 Å².